The Kier molecular flexibility index (Phi) is 3.48. The molecule has 0 aliphatic rings. The number of para-hydroxylation sites is 1. The monoisotopic (exact) mass is 244 g/mol. The summed E-state index contributed by atoms with van der Waals surface area (Å²) < 4.78 is 7.16. The van der Waals surface area contributed by atoms with E-state index in [0.717, 1.165) is 27.7 Å². The maximum absolute atomic E-state index is 8.83. The van der Waals surface area contributed by atoms with Crippen LogP contribution in [-0.4, -0.2) is 23.1 Å². The summed E-state index contributed by atoms with van der Waals surface area (Å²) in [5, 5.41) is 13.1. The van der Waals surface area contributed by atoms with E-state index in [4.69, 9.17) is 9.94 Å². The van der Waals surface area contributed by atoms with Gasteiger partial charge in [0.1, 0.15) is 6.73 Å². The minimum absolute atomic E-state index is 0.398. The Bertz CT molecular complexity index is 612. The largest absolute Gasteiger partial charge is 0.411 e. The van der Waals surface area contributed by atoms with Gasteiger partial charge in [0.2, 0.25) is 0 Å². The average molecular weight is 244 g/mol. The highest BCUT2D eigenvalue weighted by molar-refractivity contribution is 6.01. The van der Waals surface area contributed by atoms with Crippen LogP contribution in [-0.2, 0) is 11.5 Å². The lowest BCUT2D eigenvalue weighted by molar-refractivity contribution is 0.134. The van der Waals surface area contributed by atoms with Gasteiger partial charge in [0.05, 0.1) is 17.4 Å². The molecule has 2 rings (SSSR count). The van der Waals surface area contributed by atoms with Gasteiger partial charge in [-0.3, -0.25) is 0 Å². The summed E-state index contributed by atoms with van der Waals surface area (Å²) in [6.07, 6.45) is 1.42. The van der Waals surface area contributed by atoms with Crippen molar-refractivity contribution in [2.24, 2.45) is 5.16 Å². The SMILES string of the molecule is C=C(C)c1c(/C=N/O)n(COC)c2ccccc12. The van der Waals surface area contributed by atoms with E-state index in [1.165, 1.54) is 6.21 Å². The number of rotatable bonds is 4. The maximum atomic E-state index is 8.83. The van der Waals surface area contributed by atoms with Crippen molar-refractivity contribution < 1.29 is 9.94 Å². The first-order valence-electron chi connectivity index (χ1n) is 5.64. The van der Waals surface area contributed by atoms with Crippen molar-refractivity contribution in [1.29, 1.82) is 0 Å². The first-order valence-corrected chi connectivity index (χ1v) is 5.64. The van der Waals surface area contributed by atoms with Gasteiger partial charge in [0, 0.05) is 18.1 Å². The van der Waals surface area contributed by atoms with Crippen molar-refractivity contribution in [1.82, 2.24) is 4.57 Å². The number of ether oxygens (including phenoxy) is 1. The summed E-state index contributed by atoms with van der Waals surface area (Å²) in [6.45, 7) is 6.33. The molecule has 0 amide bonds. The third kappa shape index (κ3) is 1.91. The molecule has 2 aromatic rings. The Morgan fingerprint density at radius 2 is 2.22 bits per heavy atom. The van der Waals surface area contributed by atoms with Gasteiger partial charge in [-0.2, -0.15) is 0 Å². The normalized spacial score (nSPS) is 11.4. The Hall–Kier alpha value is -2.07. The number of hydrogen-bond acceptors (Lipinski definition) is 3. The number of aromatic nitrogens is 1. The smallest absolute Gasteiger partial charge is 0.123 e. The highest BCUT2D eigenvalue weighted by Gasteiger charge is 2.15. The number of methoxy groups -OCH3 is 1. The van der Waals surface area contributed by atoms with E-state index in [-0.39, 0.29) is 0 Å². The van der Waals surface area contributed by atoms with Gasteiger partial charge in [-0.1, -0.05) is 29.9 Å². The van der Waals surface area contributed by atoms with Crippen molar-refractivity contribution in [2.45, 2.75) is 13.7 Å². The van der Waals surface area contributed by atoms with E-state index in [1.807, 2.05) is 35.8 Å². The second kappa shape index (κ2) is 5.06. The van der Waals surface area contributed by atoms with Gasteiger partial charge in [0.25, 0.3) is 0 Å². The number of allylic oxidation sites excluding steroid dienone is 1. The van der Waals surface area contributed by atoms with Crippen LogP contribution in [0.3, 0.4) is 0 Å². The topological polar surface area (TPSA) is 46.8 Å². The third-order valence-corrected chi connectivity index (χ3v) is 2.88. The minimum Gasteiger partial charge on any atom is -0.411 e. The Balaban J connectivity index is 2.85. The zero-order chi connectivity index (χ0) is 13.1. The van der Waals surface area contributed by atoms with E-state index >= 15 is 0 Å². The molecule has 0 saturated heterocycles. The molecule has 0 atom stereocenters. The molecule has 0 fully saturated rings. The van der Waals surface area contributed by atoms with E-state index in [0.29, 0.717) is 6.73 Å². The minimum atomic E-state index is 0.398. The Labute approximate surface area is 106 Å². The summed E-state index contributed by atoms with van der Waals surface area (Å²) in [7, 11) is 1.63. The van der Waals surface area contributed by atoms with Gasteiger partial charge < -0.3 is 14.5 Å². The van der Waals surface area contributed by atoms with Gasteiger partial charge in [-0.25, -0.2) is 0 Å². The average Bonchev–Trinajstić information content (AvgIpc) is 2.65. The zero-order valence-electron chi connectivity index (χ0n) is 10.6. The first kappa shape index (κ1) is 12.4. The first-order chi connectivity index (χ1) is 8.70. The molecule has 0 aliphatic carbocycles. The van der Waals surface area contributed by atoms with Crippen LogP contribution in [0.2, 0.25) is 0 Å². The van der Waals surface area contributed by atoms with E-state index in [1.54, 1.807) is 7.11 Å². The Morgan fingerprint density at radius 3 is 2.83 bits per heavy atom. The molecule has 0 unspecified atom stereocenters. The fourth-order valence-corrected chi connectivity index (χ4v) is 2.23. The summed E-state index contributed by atoms with van der Waals surface area (Å²) in [4.78, 5) is 0. The third-order valence-electron chi connectivity index (χ3n) is 2.88. The molecular weight excluding hydrogens is 228 g/mol. The highest BCUT2D eigenvalue weighted by atomic mass is 16.5. The number of fused-ring (bicyclic) bond motifs is 1. The van der Waals surface area contributed by atoms with Crippen LogP contribution in [0.5, 0.6) is 0 Å². The molecule has 1 aromatic heterocycles. The number of nitrogens with zero attached hydrogens (tertiary/aromatic N) is 2. The molecule has 1 N–H and O–H groups in total. The summed E-state index contributed by atoms with van der Waals surface area (Å²) in [5.41, 5.74) is 3.75. The highest BCUT2D eigenvalue weighted by Crippen LogP contribution is 2.30. The van der Waals surface area contributed by atoms with Crippen LogP contribution in [0.1, 0.15) is 18.2 Å². The van der Waals surface area contributed by atoms with Crippen LogP contribution in [0, 0.1) is 0 Å². The lowest BCUT2D eigenvalue weighted by atomic mass is 10.1. The molecule has 0 spiro atoms. The quantitative estimate of drug-likeness (QED) is 0.510. The summed E-state index contributed by atoms with van der Waals surface area (Å²) in [6, 6.07) is 7.98. The fraction of sp³-hybridized carbons (Fsp3) is 0.214. The molecular formula is C14H16N2O2. The molecule has 0 saturated carbocycles. The van der Waals surface area contributed by atoms with Crippen LogP contribution in [0.4, 0.5) is 0 Å². The van der Waals surface area contributed by atoms with Gasteiger partial charge in [-0.15, -0.1) is 0 Å². The fourth-order valence-electron chi connectivity index (χ4n) is 2.23. The van der Waals surface area contributed by atoms with Crippen LogP contribution >= 0.6 is 0 Å². The molecule has 1 heterocycles. The van der Waals surface area contributed by atoms with Gasteiger partial charge in [0.15, 0.2) is 0 Å². The number of oxime groups is 1. The zero-order valence-corrected chi connectivity index (χ0v) is 10.6. The predicted octanol–water partition coefficient (Wildman–Crippen LogP) is 3.09. The molecule has 0 bridgehead atoms. The Morgan fingerprint density at radius 1 is 1.50 bits per heavy atom. The molecule has 0 radical (unpaired) electrons. The lowest BCUT2D eigenvalue weighted by Gasteiger charge is -2.06. The predicted molar refractivity (Wildman–Crippen MR) is 73.0 cm³/mol. The van der Waals surface area contributed by atoms with Crippen LogP contribution in [0.15, 0.2) is 36.0 Å². The lowest BCUT2D eigenvalue weighted by Crippen LogP contribution is -2.05. The van der Waals surface area contributed by atoms with Crippen molar-refractivity contribution in [3.05, 3.63) is 42.1 Å². The standard InChI is InChI=1S/C14H16N2O2/c1-10(2)14-11-6-4-5-7-12(11)16(9-18-3)13(14)8-15-17/h4-8,17H,1,9H2,2-3H3/b15-8+. The van der Waals surface area contributed by atoms with Gasteiger partial charge in [-0.05, 0) is 18.6 Å². The van der Waals surface area contributed by atoms with Crippen LogP contribution in [0.25, 0.3) is 16.5 Å². The van der Waals surface area contributed by atoms with Crippen molar-refractivity contribution >= 4 is 22.7 Å². The second-order valence-electron chi connectivity index (χ2n) is 4.15. The molecule has 4 heteroatoms. The number of benzene rings is 1. The molecule has 0 aliphatic heterocycles. The van der Waals surface area contributed by atoms with E-state index < -0.39 is 0 Å². The molecule has 18 heavy (non-hydrogen) atoms. The maximum Gasteiger partial charge on any atom is 0.123 e. The van der Waals surface area contributed by atoms with E-state index in [9.17, 15) is 0 Å². The van der Waals surface area contributed by atoms with Crippen molar-refractivity contribution in [3.8, 4) is 0 Å². The van der Waals surface area contributed by atoms with Crippen molar-refractivity contribution in [2.75, 3.05) is 7.11 Å². The van der Waals surface area contributed by atoms with Crippen molar-refractivity contribution in [3.63, 3.8) is 0 Å². The van der Waals surface area contributed by atoms with Crippen LogP contribution < -0.4 is 0 Å². The molecule has 94 valence electrons. The summed E-state index contributed by atoms with van der Waals surface area (Å²) >= 11 is 0. The summed E-state index contributed by atoms with van der Waals surface area (Å²) in [5.74, 6) is 0. The van der Waals surface area contributed by atoms with Gasteiger partial charge >= 0.3 is 0 Å². The second-order valence-corrected chi connectivity index (χ2v) is 4.15. The molecule has 1 aromatic carbocycles. The molecule has 4 nitrogen and oxygen atoms in total. The number of hydrogen-bond donors (Lipinski definition) is 1. The van der Waals surface area contributed by atoms with E-state index in [2.05, 4.69) is 11.7 Å².